The molecule has 0 amide bonds. The largest absolute Gasteiger partial charge is 0.496 e. The number of imidazole rings is 1. The van der Waals surface area contributed by atoms with Crippen LogP contribution in [0.25, 0.3) is 5.65 Å². The summed E-state index contributed by atoms with van der Waals surface area (Å²) in [5.74, 6) is 0. The Bertz CT molecular complexity index is 1080. The number of hydrogen-bond acceptors (Lipinski definition) is 4. The van der Waals surface area contributed by atoms with Gasteiger partial charge in [0.15, 0.2) is 5.65 Å². The highest BCUT2D eigenvalue weighted by atomic mass is 16.7. The van der Waals surface area contributed by atoms with E-state index >= 15 is 0 Å². The first kappa shape index (κ1) is 20.9. The number of aromatic nitrogens is 2. The van der Waals surface area contributed by atoms with E-state index in [2.05, 4.69) is 88.6 Å². The van der Waals surface area contributed by atoms with Crippen molar-refractivity contribution >= 4 is 23.9 Å². The number of rotatable bonds is 4. The molecule has 1 aliphatic heterocycles. The van der Waals surface area contributed by atoms with Gasteiger partial charge in [0.25, 0.3) is 0 Å². The van der Waals surface area contributed by atoms with Gasteiger partial charge in [0.05, 0.1) is 22.6 Å². The maximum Gasteiger partial charge on any atom is 0.496 e. The topological polar surface area (TPSA) is 47.8 Å². The molecule has 0 saturated carbocycles. The molecule has 30 heavy (non-hydrogen) atoms. The van der Waals surface area contributed by atoms with Crippen LogP contribution in [0.3, 0.4) is 0 Å². The Hall–Kier alpha value is -2.31. The van der Waals surface area contributed by atoms with Gasteiger partial charge in [-0.1, -0.05) is 18.2 Å². The molecule has 5 nitrogen and oxygen atoms in total. The number of nitrogens with zero attached hydrogens (tertiary/aromatic N) is 2. The van der Waals surface area contributed by atoms with Crippen molar-refractivity contribution in [2.75, 3.05) is 5.32 Å². The van der Waals surface area contributed by atoms with Gasteiger partial charge in [0.1, 0.15) is 0 Å². The molecule has 4 rings (SSSR count). The quantitative estimate of drug-likeness (QED) is 0.651. The van der Waals surface area contributed by atoms with Crippen molar-refractivity contribution in [1.82, 2.24) is 9.38 Å². The van der Waals surface area contributed by atoms with Crippen molar-refractivity contribution in [1.29, 1.82) is 0 Å². The number of hydrogen-bond donors (Lipinski definition) is 1. The third-order valence-corrected chi connectivity index (χ3v) is 6.84. The van der Waals surface area contributed by atoms with Crippen LogP contribution in [0, 0.1) is 27.7 Å². The minimum atomic E-state index is -0.415. The lowest BCUT2D eigenvalue weighted by molar-refractivity contribution is 0.00578. The van der Waals surface area contributed by atoms with Crippen LogP contribution in [0.4, 0.5) is 5.69 Å². The fraction of sp³-hybridized carbons (Fsp3) is 0.458. The van der Waals surface area contributed by atoms with Crippen molar-refractivity contribution in [3.05, 3.63) is 58.5 Å². The molecule has 0 bridgehead atoms. The van der Waals surface area contributed by atoms with Gasteiger partial charge in [0, 0.05) is 23.9 Å². The lowest BCUT2D eigenvalue weighted by Gasteiger charge is -2.32. The van der Waals surface area contributed by atoms with E-state index in [1.807, 2.05) is 6.92 Å². The molecular formula is C24H32BN3O2. The molecule has 1 saturated heterocycles. The molecular weight excluding hydrogens is 373 g/mol. The predicted octanol–water partition coefficient (Wildman–Crippen LogP) is 4.48. The molecule has 0 unspecified atom stereocenters. The summed E-state index contributed by atoms with van der Waals surface area (Å²) in [5, 5.41) is 3.64. The first-order chi connectivity index (χ1) is 14.0. The monoisotopic (exact) mass is 405 g/mol. The van der Waals surface area contributed by atoms with Crippen molar-refractivity contribution in [2.24, 2.45) is 0 Å². The van der Waals surface area contributed by atoms with E-state index in [0.29, 0.717) is 0 Å². The van der Waals surface area contributed by atoms with E-state index in [1.165, 1.54) is 16.7 Å². The molecule has 1 N–H and O–H groups in total. The first-order valence-electron chi connectivity index (χ1n) is 10.6. The van der Waals surface area contributed by atoms with Crippen LogP contribution in [0.15, 0.2) is 30.5 Å². The molecule has 3 aromatic rings. The zero-order chi connectivity index (χ0) is 21.8. The maximum atomic E-state index is 6.32. The second-order valence-electron chi connectivity index (χ2n) is 9.48. The normalized spacial score (nSPS) is 17.7. The van der Waals surface area contributed by atoms with Crippen molar-refractivity contribution < 1.29 is 9.31 Å². The Morgan fingerprint density at radius 2 is 1.60 bits per heavy atom. The molecule has 6 heteroatoms. The van der Waals surface area contributed by atoms with Gasteiger partial charge in [-0.15, -0.1) is 0 Å². The Morgan fingerprint density at radius 1 is 1.00 bits per heavy atom. The Kier molecular flexibility index (Phi) is 4.98. The van der Waals surface area contributed by atoms with E-state index in [4.69, 9.17) is 14.3 Å². The summed E-state index contributed by atoms with van der Waals surface area (Å²) in [6.07, 6.45) is 2.09. The SMILES string of the molecule is Cc1cccc(C)c1CNc1cc(B2OC(C)(C)C(C)(C)O2)cn2c(C)c(C)nc12. The minimum Gasteiger partial charge on any atom is -0.399 e. The van der Waals surface area contributed by atoms with Gasteiger partial charge in [-0.3, -0.25) is 0 Å². The third kappa shape index (κ3) is 3.42. The molecule has 0 radical (unpaired) electrons. The van der Waals surface area contributed by atoms with Crippen molar-refractivity contribution in [3.63, 3.8) is 0 Å². The summed E-state index contributed by atoms with van der Waals surface area (Å²) in [4.78, 5) is 4.81. The second-order valence-corrected chi connectivity index (χ2v) is 9.48. The lowest BCUT2D eigenvalue weighted by atomic mass is 9.80. The molecule has 0 aliphatic carbocycles. The Labute approximate surface area is 180 Å². The van der Waals surface area contributed by atoms with E-state index < -0.39 is 7.12 Å². The number of benzene rings is 1. The molecule has 2 aromatic heterocycles. The number of aryl methyl sites for hydroxylation is 4. The smallest absolute Gasteiger partial charge is 0.399 e. The first-order valence-corrected chi connectivity index (χ1v) is 10.6. The summed E-state index contributed by atoms with van der Waals surface area (Å²) in [6.45, 7) is 17.5. The highest BCUT2D eigenvalue weighted by Gasteiger charge is 2.52. The average molecular weight is 405 g/mol. The summed E-state index contributed by atoms with van der Waals surface area (Å²) >= 11 is 0. The van der Waals surface area contributed by atoms with Crippen molar-refractivity contribution in [2.45, 2.75) is 73.1 Å². The maximum absolute atomic E-state index is 6.32. The molecule has 0 spiro atoms. The van der Waals surface area contributed by atoms with Crippen LogP contribution in [-0.2, 0) is 15.9 Å². The summed E-state index contributed by atoms with van der Waals surface area (Å²) in [5.41, 5.74) is 8.19. The zero-order valence-corrected chi connectivity index (χ0v) is 19.4. The van der Waals surface area contributed by atoms with Gasteiger partial charge in [-0.25, -0.2) is 4.98 Å². The number of nitrogens with one attached hydrogen (secondary N) is 1. The summed E-state index contributed by atoms with van der Waals surface area (Å²) in [6, 6.07) is 8.54. The molecule has 3 heterocycles. The summed E-state index contributed by atoms with van der Waals surface area (Å²) < 4.78 is 14.8. The minimum absolute atomic E-state index is 0.377. The zero-order valence-electron chi connectivity index (χ0n) is 19.4. The van der Waals surface area contributed by atoms with E-state index in [0.717, 1.165) is 34.7 Å². The highest BCUT2D eigenvalue weighted by Crippen LogP contribution is 2.36. The van der Waals surface area contributed by atoms with Gasteiger partial charge in [-0.2, -0.15) is 0 Å². The standard InChI is InChI=1S/C24H32BN3O2/c1-15-10-9-11-16(2)20(15)13-26-21-12-19(14-28-18(4)17(3)27-22(21)28)25-29-23(5,6)24(7,8)30-25/h9-12,14,26H,13H2,1-8H3. The molecule has 1 aliphatic rings. The van der Waals surface area contributed by atoms with Crippen LogP contribution >= 0.6 is 0 Å². The number of fused-ring (bicyclic) bond motifs is 1. The third-order valence-electron chi connectivity index (χ3n) is 6.84. The fourth-order valence-corrected chi connectivity index (χ4v) is 3.94. The predicted molar refractivity (Wildman–Crippen MR) is 124 cm³/mol. The summed E-state index contributed by atoms with van der Waals surface area (Å²) in [7, 11) is -0.415. The molecule has 1 fully saturated rings. The van der Waals surface area contributed by atoms with Gasteiger partial charge >= 0.3 is 7.12 Å². The van der Waals surface area contributed by atoms with Gasteiger partial charge in [0.2, 0.25) is 0 Å². The average Bonchev–Trinajstić information content (AvgIpc) is 3.06. The highest BCUT2D eigenvalue weighted by molar-refractivity contribution is 6.62. The van der Waals surface area contributed by atoms with Crippen LogP contribution in [0.5, 0.6) is 0 Å². The van der Waals surface area contributed by atoms with E-state index in [-0.39, 0.29) is 11.2 Å². The lowest BCUT2D eigenvalue weighted by Crippen LogP contribution is -2.41. The molecule has 158 valence electrons. The van der Waals surface area contributed by atoms with Gasteiger partial charge in [-0.05, 0) is 78.1 Å². The Morgan fingerprint density at radius 3 is 2.20 bits per heavy atom. The molecule has 0 atom stereocenters. The van der Waals surface area contributed by atoms with Crippen LogP contribution in [0.2, 0.25) is 0 Å². The van der Waals surface area contributed by atoms with Crippen LogP contribution in [0.1, 0.15) is 55.8 Å². The second kappa shape index (κ2) is 7.14. The number of anilines is 1. The van der Waals surface area contributed by atoms with Crippen LogP contribution in [-0.4, -0.2) is 27.7 Å². The van der Waals surface area contributed by atoms with E-state index in [9.17, 15) is 0 Å². The van der Waals surface area contributed by atoms with Gasteiger partial charge < -0.3 is 19.0 Å². The number of pyridine rings is 1. The van der Waals surface area contributed by atoms with Crippen molar-refractivity contribution in [3.8, 4) is 0 Å². The molecule has 1 aromatic carbocycles. The Balaban J connectivity index is 1.75. The van der Waals surface area contributed by atoms with Crippen LogP contribution < -0.4 is 10.8 Å². The van der Waals surface area contributed by atoms with E-state index in [1.54, 1.807) is 0 Å². The fourth-order valence-electron chi connectivity index (χ4n) is 3.94.